The minimum absolute atomic E-state index is 0.0188. The Balaban J connectivity index is 2.24. The number of carbonyl (C=O) groups is 6. The summed E-state index contributed by atoms with van der Waals surface area (Å²) in [6.45, 7) is 3.64. The Morgan fingerprint density at radius 3 is 2.10 bits per heavy atom. The van der Waals surface area contributed by atoms with E-state index in [1.807, 2.05) is 0 Å². The maximum Gasteiger partial charge on any atom is 0.248 e. The van der Waals surface area contributed by atoms with Crippen LogP contribution in [0, 0.1) is 0 Å². The highest BCUT2D eigenvalue weighted by Gasteiger charge is 2.35. The molecule has 0 fully saturated rings. The minimum atomic E-state index is -1.34. The van der Waals surface area contributed by atoms with E-state index in [4.69, 9.17) is 32.4 Å². The predicted molar refractivity (Wildman–Crippen MR) is 184 cm³/mol. The predicted octanol–water partition coefficient (Wildman–Crippen LogP) is -1.24. The number of Topliss-reactive ketones (excluding diaryl/α,β-unsaturated/α-hetero) is 1. The maximum absolute atomic E-state index is 14.1. The highest BCUT2D eigenvalue weighted by Crippen LogP contribution is 2.40. The highest BCUT2D eigenvalue weighted by atomic mass is 16.5. The Bertz CT molecular complexity index is 1570. The molecule has 5 amide bonds. The number of nitrogens with zero attached hydrogens (tertiary/aromatic N) is 1. The molecule has 4 atom stereocenters. The summed E-state index contributed by atoms with van der Waals surface area (Å²) >= 11 is 0. The first-order valence-corrected chi connectivity index (χ1v) is 16.4. The first-order chi connectivity index (χ1) is 23.8. The molecule has 2 aromatic carbocycles. The second kappa shape index (κ2) is 18.6. The van der Waals surface area contributed by atoms with Crippen LogP contribution in [0.1, 0.15) is 50.3 Å². The molecule has 3 rings (SSSR count). The van der Waals surface area contributed by atoms with Crippen molar-refractivity contribution in [1.29, 1.82) is 0 Å². The summed E-state index contributed by atoms with van der Waals surface area (Å²) < 4.78 is 12.0. The quantitative estimate of drug-likeness (QED) is 0.116. The number of nitrogens with two attached hydrogens (primary N) is 4. The van der Waals surface area contributed by atoms with E-state index < -0.39 is 53.7 Å². The van der Waals surface area contributed by atoms with Gasteiger partial charge in [-0.15, -0.1) is 0 Å². The van der Waals surface area contributed by atoms with Crippen LogP contribution in [0.15, 0.2) is 36.4 Å². The number of hydrogen-bond acceptors (Lipinski definition) is 11. The zero-order valence-electron chi connectivity index (χ0n) is 28.7. The minimum Gasteiger partial charge on any atom is -0.492 e. The van der Waals surface area contributed by atoms with Gasteiger partial charge in [-0.25, -0.2) is 0 Å². The van der Waals surface area contributed by atoms with Crippen LogP contribution in [0.2, 0.25) is 0 Å². The summed E-state index contributed by atoms with van der Waals surface area (Å²) in [5.41, 5.74) is 24.5. The van der Waals surface area contributed by atoms with Crippen molar-refractivity contribution in [2.45, 2.75) is 63.7 Å². The van der Waals surface area contributed by atoms with Crippen LogP contribution in [-0.2, 0) is 35.2 Å². The van der Waals surface area contributed by atoms with Gasteiger partial charge in [0.25, 0.3) is 0 Å². The van der Waals surface area contributed by atoms with Gasteiger partial charge in [-0.1, -0.05) is 12.1 Å². The number of primary amides is 1. The smallest absolute Gasteiger partial charge is 0.248 e. The molecule has 16 nitrogen and oxygen atoms in total. The van der Waals surface area contributed by atoms with Gasteiger partial charge in [-0.2, -0.15) is 0 Å². The molecule has 0 spiro atoms. The van der Waals surface area contributed by atoms with Crippen molar-refractivity contribution in [3.05, 3.63) is 47.5 Å². The van der Waals surface area contributed by atoms with Gasteiger partial charge in [0.1, 0.15) is 42.8 Å². The van der Waals surface area contributed by atoms with Gasteiger partial charge >= 0.3 is 0 Å². The molecule has 1 heterocycles. The summed E-state index contributed by atoms with van der Waals surface area (Å²) in [7, 11) is 1.39. The number of nitrogens with one attached hydrogen (secondary N) is 3. The fraction of sp³-hybridized carbons (Fsp3) is 0.471. The number of hydrogen-bond donors (Lipinski definition) is 7. The monoisotopic (exact) mass is 696 g/mol. The van der Waals surface area contributed by atoms with Gasteiger partial charge < -0.3 is 53.3 Å². The Morgan fingerprint density at radius 2 is 1.52 bits per heavy atom. The van der Waals surface area contributed by atoms with Crippen LogP contribution in [0.5, 0.6) is 11.5 Å². The Labute approximate surface area is 290 Å². The Kier molecular flexibility index (Phi) is 14.7. The zero-order chi connectivity index (χ0) is 37.0. The molecule has 1 aliphatic rings. The van der Waals surface area contributed by atoms with Crippen molar-refractivity contribution in [2.75, 3.05) is 39.9 Å². The van der Waals surface area contributed by atoms with E-state index in [-0.39, 0.29) is 64.3 Å². The van der Waals surface area contributed by atoms with Crippen molar-refractivity contribution < 1.29 is 38.2 Å². The molecule has 0 aromatic heterocycles. The van der Waals surface area contributed by atoms with Gasteiger partial charge in [0.15, 0.2) is 5.78 Å². The first-order valence-electron chi connectivity index (χ1n) is 16.4. The highest BCUT2D eigenvalue weighted by molar-refractivity contribution is 5.96. The topological polar surface area (TPSA) is 264 Å². The number of rotatable bonds is 15. The average Bonchev–Trinajstić information content (AvgIpc) is 3.08. The molecule has 1 aliphatic heterocycles. The number of ketones is 1. The van der Waals surface area contributed by atoms with Gasteiger partial charge in [-0.05, 0) is 68.6 Å². The van der Waals surface area contributed by atoms with E-state index in [0.717, 1.165) is 4.90 Å². The van der Waals surface area contributed by atoms with E-state index in [2.05, 4.69) is 16.0 Å². The fourth-order valence-electron chi connectivity index (χ4n) is 5.47. The molecule has 0 saturated heterocycles. The number of amides is 5. The largest absolute Gasteiger partial charge is 0.492 e. The fourth-order valence-corrected chi connectivity index (χ4v) is 5.47. The molecule has 272 valence electrons. The Morgan fingerprint density at radius 1 is 0.900 bits per heavy atom. The third kappa shape index (κ3) is 10.5. The third-order valence-electron chi connectivity index (χ3n) is 8.07. The third-order valence-corrected chi connectivity index (χ3v) is 8.07. The Hall–Kier alpha value is -5.06. The number of fused-ring (bicyclic) bond motifs is 5. The van der Waals surface area contributed by atoms with Crippen molar-refractivity contribution in [1.82, 2.24) is 20.9 Å². The number of carbonyl (C=O) groups excluding carboxylic acids is 6. The molecular weight excluding hydrogens is 648 g/mol. The van der Waals surface area contributed by atoms with E-state index in [1.54, 1.807) is 36.4 Å². The standard InChI is InChI=1S/C34H48N8O8/c1-19-32(46)41-26(20(2)43)17-21-4-6-27(49-14-12-36)23(16-21)24-18-22(5-7-28(24)50-15-13-37)31(33(47)39-19)42(3)34(48)25(10-11-35)40-30(45)9-8-29(38)44/h4-7,16,18-19,25-26,31H,8-15,17,35-37H2,1-3H3,(H2,38,44)(H,39,47)(H,40,45)(H,41,46)/t19-,25-,26-,31-/m0/s1. The van der Waals surface area contributed by atoms with Gasteiger partial charge in [0.05, 0.1) is 6.04 Å². The lowest BCUT2D eigenvalue weighted by molar-refractivity contribution is -0.143. The van der Waals surface area contributed by atoms with Crippen LogP contribution in [0.3, 0.4) is 0 Å². The van der Waals surface area contributed by atoms with Crippen LogP contribution >= 0.6 is 0 Å². The van der Waals surface area contributed by atoms with Crippen LogP contribution in [-0.4, -0.2) is 98.2 Å². The second-order valence-electron chi connectivity index (χ2n) is 12.0. The summed E-state index contributed by atoms with van der Waals surface area (Å²) in [6.07, 6.45) is -0.290. The lowest BCUT2D eigenvalue weighted by Crippen LogP contribution is -2.55. The summed E-state index contributed by atoms with van der Waals surface area (Å²) in [5.74, 6) is -2.72. The molecule has 0 aliphatic carbocycles. The summed E-state index contributed by atoms with van der Waals surface area (Å²) in [6, 6.07) is 5.73. The van der Waals surface area contributed by atoms with Crippen molar-refractivity contribution in [2.24, 2.45) is 22.9 Å². The van der Waals surface area contributed by atoms with Crippen molar-refractivity contribution >= 4 is 35.3 Å². The average molecular weight is 697 g/mol. The van der Waals surface area contributed by atoms with E-state index in [1.165, 1.54) is 20.9 Å². The molecule has 4 bridgehead atoms. The molecule has 2 aromatic rings. The zero-order valence-corrected chi connectivity index (χ0v) is 28.7. The van der Waals surface area contributed by atoms with E-state index in [0.29, 0.717) is 33.8 Å². The van der Waals surface area contributed by atoms with Gasteiger partial charge in [0, 0.05) is 44.1 Å². The summed E-state index contributed by atoms with van der Waals surface area (Å²) in [5, 5.41) is 7.98. The number of benzene rings is 2. The van der Waals surface area contributed by atoms with E-state index in [9.17, 15) is 28.8 Å². The normalized spacial score (nSPS) is 18.1. The first kappa shape index (κ1) is 39.4. The van der Waals surface area contributed by atoms with Crippen molar-refractivity contribution in [3.63, 3.8) is 0 Å². The maximum atomic E-state index is 14.1. The second-order valence-corrected chi connectivity index (χ2v) is 12.0. The number of likely N-dealkylation sites (N-methyl/N-ethyl adjacent to an activating group) is 1. The molecule has 11 N–H and O–H groups in total. The molecule has 50 heavy (non-hydrogen) atoms. The SMILES string of the molecule is CC(=O)[C@@H]1Cc2ccc(OCCN)c(c2)-c2cc(ccc2OCCN)[C@H](N(C)C(=O)[C@H](CCN)NC(=O)CCC(N)=O)C(=O)N[C@@H](C)C(=O)N1. The van der Waals surface area contributed by atoms with Gasteiger partial charge in [0.2, 0.25) is 29.5 Å². The molecular formula is C34H48N8O8. The van der Waals surface area contributed by atoms with Gasteiger partial charge in [-0.3, -0.25) is 28.8 Å². The lowest BCUT2D eigenvalue weighted by Gasteiger charge is -2.32. The van der Waals surface area contributed by atoms with Crippen LogP contribution in [0.25, 0.3) is 11.1 Å². The molecule has 0 saturated carbocycles. The summed E-state index contributed by atoms with van der Waals surface area (Å²) in [4.78, 5) is 79.1. The number of ether oxygens (including phenoxy) is 2. The van der Waals surface area contributed by atoms with Crippen molar-refractivity contribution in [3.8, 4) is 22.6 Å². The van der Waals surface area contributed by atoms with E-state index >= 15 is 0 Å². The van der Waals surface area contributed by atoms with Crippen LogP contribution in [0.4, 0.5) is 0 Å². The molecule has 16 heteroatoms. The lowest BCUT2D eigenvalue weighted by atomic mass is 9.93. The molecule has 0 unspecified atom stereocenters. The molecule has 0 radical (unpaired) electrons. The van der Waals surface area contributed by atoms with Crippen LogP contribution < -0.4 is 48.4 Å².